The molecule has 0 aliphatic carbocycles. The van der Waals surface area contributed by atoms with Gasteiger partial charge in [-0.3, -0.25) is 14.4 Å². The summed E-state index contributed by atoms with van der Waals surface area (Å²) < 4.78 is 27.8. The normalized spacial score (nSPS) is 16.0. The molecule has 2 N–H and O–H groups in total. The molecule has 0 saturated carbocycles. The highest BCUT2D eigenvalue weighted by Crippen LogP contribution is 2.30. The summed E-state index contributed by atoms with van der Waals surface area (Å²) in [5.41, 5.74) is 3.04. The molecule has 2 heterocycles. The molecule has 0 atom stereocenters. The van der Waals surface area contributed by atoms with E-state index in [1.54, 1.807) is 23.1 Å². The number of benzene rings is 3. The van der Waals surface area contributed by atoms with Gasteiger partial charge in [0.05, 0.1) is 11.4 Å². The highest BCUT2D eigenvalue weighted by molar-refractivity contribution is 6.07. The van der Waals surface area contributed by atoms with E-state index in [1.165, 1.54) is 0 Å². The van der Waals surface area contributed by atoms with Crippen molar-refractivity contribution in [3.63, 3.8) is 0 Å². The Kier molecular flexibility index (Phi) is 9.29. The van der Waals surface area contributed by atoms with Gasteiger partial charge in [-0.05, 0) is 59.9 Å². The molecule has 44 heavy (non-hydrogen) atoms. The van der Waals surface area contributed by atoms with Crippen molar-refractivity contribution >= 4 is 29.1 Å². The first-order valence-corrected chi connectivity index (χ1v) is 15.1. The monoisotopic (exact) mass is 603 g/mol. The van der Waals surface area contributed by atoms with Crippen LogP contribution in [0.2, 0.25) is 0 Å². The number of anilines is 2. The zero-order chi connectivity index (χ0) is 31.4. The maximum atomic E-state index is 13.9. The predicted molar refractivity (Wildman–Crippen MR) is 167 cm³/mol. The Balaban J connectivity index is 1.38. The molecule has 5 rings (SSSR count). The molecule has 2 saturated heterocycles. The Morgan fingerprint density at radius 2 is 1.32 bits per heavy atom. The van der Waals surface area contributed by atoms with Gasteiger partial charge < -0.3 is 25.3 Å². The Labute approximate surface area is 257 Å². The van der Waals surface area contributed by atoms with E-state index in [-0.39, 0.29) is 22.8 Å². The lowest BCUT2D eigenvalue weighted by atomic mass is 9.86. The molecule has 2 aliphatic heterocycles. The van der Waals surface area contributed by atoms with Gasteiger partial charge in [-0.25, -0.2) is 8.78 Å². The van der Waals surface area contributed by atoms with E-state index in [4.69, 9.17) is 0 Å². The van der Waals surface area contributed by atoms with Gasteiger partial charge in [0.15, 0.2) is 0 Å². The number of nitrogens with one attached hydrogen (secondary N) is 2. The minimum atomic E-state index is -0.858. The molecular weight excluding hydrogens is 564 g/mol. The van der Waals surface area contributed by atoms with Gasteiger partial charge in [0, 0.05) is 75.1 Å². The average Bonchev–Trinajstić information content (AvgIpc) is 3.26. The van der Waals surface area contributed by atoms with Gasteiger partial charge in [0.1, 0.15) is 11.6 Å². The second kappa shape index (κ2) is 13.1. The first-order chi connectivity index (χ1) is 21.0. The van der Waals surface area contributed by atoms with E-state index in [9.17, 15) is 23.2 Å². The lowest BCUT2D eigenvalue weighted by molar-refractivity contribution is 0.0734. The lowest BCUT2D eigenvalue weighted by Crippen LogP contribution is -2.46. The Morgan fingerprint density at radius 1 is 0.705 bits per heavy atom. The maximum Gasteiger partial charge on any atom is 0.255 e. The van der Waals surface area contributed by atoms with Crippen molar-refractivity contribution in [3.8, 4) is 0 Å². The van der Waals surface area contributed by atoms with Crippen LogP contribution >= 0.6 is 0 Å². The molecule has 2 aliphatic rings. The molecule has 8 nitrogen and oxygen atoms in total. The molecule has 0 spiro atoms. The number of carbonyl (C=O) groups excluding carboxylic acids is 3. The highest BCUT2D eigenvalue weighted by Gasteiger charge is 2.25. The smallest absolute Gasteiger partial charge is 0.255 e. The summed E-state index contributed by atoms with van der Waals surface area (Å²) in [5.74, 6) is -2.60. The van der Waals surface area contributed by atoms with Gasteiger partial charge in [-0.2, -0.15) is 0 Å². The summed E-state index contributed by atoms with van der Waals surface area (Å²) in [7, 11) is 0. The molecule has 0 aromatic heterocycles. The summed E-state index contributed by atoms with van der Waals surface area (Å²) in [5, 5.41) is 6.02. The number of nitrogens with zero attached hydrogens (tertiary/aromatic N) is 3. The number of rotatable bonds is 5. The van der Waals surface area contributed by atoms with Crippen LogP contribution in [0.25, 0.3) is 0 Å². The van der Waals surface area contributed by atoms with E-state index in [2.05, 4.69) is 36.3 Å². The number of piperazine rings is 1. The van der Waals surface area contributed by atoms with Crippen molar-refractivity contribution in [2.24, 2.45) is 0 Å². The lowest BCUT2D eigenvalue weighted by Gasteiger charge is -2.29. The third-order valence-electron chi connectivity index (χ3n) is 8.14. The zero-order valence-electron chi connectivity index (χ0n) is 25.5. The van der Waals surface area contributed by atoms with Crippen LogP contribution in [0.4, 0.5) is 20.2 Å². The third-order valence-corrected chi connectivity index (χ3v) is 8.14. The van der Waals surface area contributed by atoms with Crippen molar-refractivity contribution in [1.82, 2.24) is 15.1 Å². The molecule has 232 valence electrons. The van der Waals surface area contributed by atoms with Crippen LogP contribution in [0, 0.1) is 11.6 Å². The molecule has 3 amide bonds. The van der Waals surface area contributed by atoms with E-state index < -0.39 is 17.5 Å². The number of halogens is 2. The van der Waals surface area contributed by atoms with Crippen LogP contribution in [0.1, 0.15) is 63.8 Å². The van der Waals surface area contributed by atoms with E-state index in [0.717, 1.165) is 17.7 Å². The van der Waals surface area contributed by atoms with Gasteiger partial charge in [-0.1, -0.05) is 32.9 Å². The van der Waals surface area contributed by atoms with Crippen LogP contribution in [-0.4, -0.2) is 79.9 Å². The average molecular weight is 604 g/mol. The molecule has 2 fully saturated rings. The quantitative estimate of drug-likeness (QED) is 0.433. The maximum absolute atomic E-state index is 13.9. The summed E-state index contributed by atoms with van der Waals surface area (Å²) in [6.45, 7) is 11.1. The van der Waals surface area contributed by atoms with Crippen LogP contribution in [-0.2, 0) is 5.41 Å². The Bertz CT molecular complexity index is 1510. The summed E-state index contributed by atoms with van der Waals surface area (Å²) in [4.78, 5) is 45.5. The van der Waals surface area contributed by atoms with Crippen LogP contribution in [0.5, 0.6) is 0 Å². The largest absolute Gasteiger partial charge is 0.368 e. The molecular formula is C34H39F2N5O3. The van der Waals surface area contributed by atoms with Crippen LogP contribution in [0.15, 0.2) is 60.7 Å². The summed E-state index contributed by atoms with van der Waals surface area (Å²) in [6, 6.07) is 15.6. The Morgan fingerprint density at radius 3 is 1.98 bits per heavy atom. The predicted octanol–water partition coefficient (Wildman–Crippen LogP) is 4.91. The number of hydrogen-bond donors (Lipinski definition) is 2. The fraction of sp³-hybridized carbons (Fsp3) is 0.382. The van der Waals surface area contributed by atoms with E-state index >= 15 is 0 Å². The number of carbonyl (C=O) groups is 3. The van der Waals surface area contributed by atoms with Gasteiger partial charge >= 0.3 is 0 Å². The summed E-state index contributed by atoms with van der Waals surface area (Å²) in [6.07, 6.45) is 0.690. The molecule has 0 bridgehead atoms. The Hall–Kier alpha value is -4.31. The standard InChI is InChI=1S/C34H39F2N5O3/c1-34(2,3)26-8-5-23(6-9-26)32(43)40-14-4-13-39(17-18-40)30-10-7-24(33(44)41-15-11-37-12-16-41)21-29(30)38-31(42)25-19-27(35)22-28(36)20-25/h5-10,19-22,37H,4,11-18H2,1-3H3,(H,38,42). The molecule has 0 radical (unpaired) electrons. The minimum Gasteiger partial charge on any atom is -0.368 e. The number of hydrogen-bond acceptors (Lipinski definition) is 5. The number of amides is 3. The minimum absolute atomic E-state index is 0.00814. The molecule has 0 unspecified atom stereocenters. The summed E-state index contributed by atoms with van der Waals surface area (Å²) >= 11 is 0. The topological polar surface area (TPSA) is 85.0 Å². The highest BCUT2D eigenvalue weighted by atomic mass is 19.1. The fourth-order valence-corrected chi connectivity index (χ4v) is 5.63. The first-order valence-electron chi connectivity index (χ1n) is 15.1. The van der Waals surface area contributed by atoms with Gasteiger partial charge in [-0.15, -0.1) is 0 Å². The molecule has 10 heteroatoms. The van der Waals surface area contributed by atoms with Crippen LogP contribution in [0.3, 0.4) is 0 Å². The van der Waals surface area contributed by atoms with E-state index in [1.807, 2.05) is 29.2 Å². The van der Waals surface area contributed by atoms with Crippen LogP contribution < -0.4 is 15.5 Å². The van der Waals surface area contributed by atoms with Crippen molar-refractivity contribution in [3.05, 3.63) is 94.6 Å². The zero-order valence-corrected chi connectivity index (χ0v) is 25.5. The van der Waals surface area contributed by atoms with Crippen molar-refractivity contribution < 1.29 is 23.2 Å². The fourth-order valence-electron chi connectivity index (χ4n) is 5.63. The van der Waals surface area contributed by atoms with Crippen molar-refractivity contribution in [2.75, 3.05) is 62.6 Å². The molecule has 3 aromatic rings. The van der Waals surface area contributed by atoms with Crippen molar-refractivity contribution in [1.29, 1.82) is 0 Å². The second-order valence-corrected chi connectivity index (χ2v) is 12.3. The first kappa shape index (κ1) is 31.1. The van der Waals surface area contributed by atoms with E-state index in [0.29, 0.717) is 87.3 Å². The third kappa shape index (κ3) is 7.24. The molecule has 3 aromatic carbocycles. The van der Waals surface area contributed by atoms with Crippen molar-refractivity contribution in [2.45, 2.75) is 32.6 Å². The van der Waals surface area contributed by atoms with Gasteiger partial charge in [0.2, 0.25) is 0 Å². The second-order valence-electron chi connectivity index (χ2n) is 12.3. The SMILES string of the molecule is CC(C)(C)c1ccc(C(=O)N2CCCN(c3ccc(C(=O)N4CCNCC4)cc3NC(=O)c3cc(F)cc(F)c3)CC2)cc1. The van der Waals surface area contributed by atoms with Gasteiger partial charge in [0.25, 0.3) is 17.7 Å².